The molecular weight excluding hydrogens is 382 g/mol. The molecule has 0 aliphatic carbocycles. The van der Waals surface area contributed by atoms with Crippen molar-refractivity contribution in [2.24, 2.45) is 0 Å². The number of nitrogens with one attached hydrogen (secondary N) is 1. The van der Waals surface area contributed by atoms with Gasteiger partial charge in [0.05, 0.1) is 25.1 Å². The van der Waals surface area contributed by atoms with E-state index in [4.69, 9.17) is 4.74 Å². The average molecular weight is 401 g/mol. The van der Waals surface area contributed by atoms with Crippen LogP contribution in [0.15, 0.2) is 53.4 Å². The topological polar surface area (TPSA) is 116 Å². The van der Waals surface area contributed by atoms with Gasteiger partial charge in [0, 0.05) is 5.56 Å². The van der Waals surface area contributed by atoms with Crippen molar-refractivity contribution in [1.29, 1.82) is 0 Å². The summed E-state index contributed by atoms with van der Waals surface area (Å²) in [6, 6.07) is 13.6. The van der Waals surface area contributed by atoms with E-state index < -0.39 is 10.0 Å². The van der Waals surface area contributed by atoms with Crippen molar-refractivity contribution in [3.8, 4) is 17.1 Å². The Labute approximate surface area is 162 Å². The summed E-state index contributed by atoms with van der Waals surface area (Å²) in [5.41, 5.74) is 1.62. The number of tetrazole rings is 1. The fourth-order valence-electron chi connectivity index (χ4n) is 2.38. The highest BCUT2D eigenvalue weighted by Crippen LogP contribution is 2.18. The van der Waals surface area contributed by atoms with Crippen molar-refractivity contribution in [2.75, 3.05) is 13.7 Å². The molecule has 0 atom stereocenters. The van der Waals surface area contributed by atoms with E-state index in [9.17, 15) is 13.2 Å². The highest BCUT2D eigenvalue weighted by molar-refractivity contribution is 7.89. The van der Waals surface area contributed by atoms with Gasteiger partial charge in [0.15, 0.2) is 0 Å². The molecule has 0 amide bonds. The Hall–Kier alpha value is -3.11. The standard InChI is InChI=1S/C18H19N5O4S/c1-13(24)11-19-28(25,26)17-9-5-15(6-10-17)18-20-22-23(21-18)12-14-3-7-16(27-2)8-4-14/h3-10,19H,11-12H2,1-2H3. The number of Topliss-reactive ketones (excluding diaryl/α,β-unsaturated/α-hetero) is 1. The molecule has 1 heterocycles. The number of hydrogen-bond acceptors (Lipinski definition) is 7. The molecule has 0 aliphatic rings. The Morgan fingerprint density at radius 1 is 1.11 bits per heavy atom. The largest absolute Gasteiger partial charge is 0.497 e. The molecule has 0 aliphatic heterocycles. The summed E-state index contributed by atoms with van der Waals surface area (Å²) in [6.45, 7) is 1.51. The number of aromatic nitrogens is 4. The molecule has 3 rings (SSSR count). The number of ketones is 1. The molecule has 3 aromatic rings. The quantitative estimate of drug-likeness (QED) is 0.604. The van der Waals surface area contributed by atoms with Gasteiger partial charge in [-0.15, -0.1) is 10.2 Å². The number of ether oxygens (including phenoxy) is 1. The molecule has 1 N–H and O–H groups in total. The lowest BCUT2D eigenvalue weighted by atomic mass is 10.2. The number of sulfonamides is 1. The first-order valence-electron chi connectivity index (χ1n) is 8.37. The third kappa shape index (κ3) is 4.78. The van der Waals surface area contributed by atoms with Gasteiger partial charge in [-0.05, 0) is 54.1 Å². The van der Waals surface area contributed by atoms with Gasteiger partial charge >= 0.3 is 0 Å². The molecule has 146 valence electrons. The van der Waals surface area contributed by atoms with Gasteiger partial charge in [-0.3, -0.25) is 4.79 Å². The maximum absolute atomic E-state index is 12.1. The zero-order valence-electron chi connectivity index (χ0n) is 15.4. The second kappa shape index (κ2) is 8.28. The first-order chi connectivity index (χ1) is 13.4. The first-order valence-corrected chi connectivity index (χ1v) is 9.86. The molecule has 0 fully saturated rings. The Morgan fingerprint density at radius 3 is 2.39 bits per heavy atom. The van der Waals surface area contributed by atoms with Crippen LogP contribution in [-0.2, 0) is 21.4 Å². The van der Waals surface area contributed by atoms with E-state index >= 15 is 0 Å². The smallest absolute Gasteiger partial charge is 0.240 e. The molecule has 0 bridgehead atoms. The minimum atomic E-state index is -3.74. The van der Waals surface area contributed by atoms with E-state index in [1.165, 1.54) is 23.9 Å². The van der Waals surface area contributed by atoms with E-state index in [0.29, 0.717) is 17.9 Å². The number of rotatable bonds is 8. The second-order valence-electron chi connectivity index (χ2n) is 6.04. The van der Waals surface area contributed by atoms with E-state index in [1.54, 1.807) is 19.2 Å². The molecule has 9 nitrogen and oxygen atoms in total. The summed E-state index contributed by atoms with van der Waals surface area (Å²) < 4.78 is 31.6. The summed E-state index contributed by atoms with van der Waals surface area (Å²) in [4.78, 5) is 12.5. The van der Waals surface area contributed by atoms with Crippen LogP contribution in [0.1, 0.15) is 12.5 Å². The molecule has 10 heteroatoms. The minimum Gasteiger partial charge on any atom is -0.497 e. The van der Waals surface area contributed by atoms with E-state index in [0.717, 1.165) is 11.3 Å². The molecule has 1 aromatic heterocycles. The van der Waals surface area contributed by atoms with Gasteiger partial charge in [0.1, 0.15) is 11.5 Å². The van der Waals surface area contributed by atoms with Crippen LogP contribution in [0.25, 0.3) is 11.4 Å². The fraction of sp³-hybridized carbons (Fsp3) is 0.222. The number of carbonyl (C=O) groups is 1. The van der Waals surface area contributed by atoms with Crippen molar-refractivity contribution >= 4 is 15.8 Å². The summed E-state index contributed by atoms with van der Waals surface area (Å²) in [7, 11) is -2.13. The highest BCUT2D eigenvalue weighted by Gasteiger charge is 2.15. The Morgan fingerprint density at radius 2 is 1.79 bits per heavy atom. The van der Waals surface area contributed by atoms with Crippen LogP contribution in [-0.4, -0.2) is 48.1 Å². The number of benzene rings is 2. The van der Waals surface area contributed by atoms with Crippen molar-refractivity contribution in [2.45, 2.75) is 18.4 Å². The highest BCUT2D eigenvalue weighted by atomic mass is 32.2. The fourth-order valence-corrected chi connectivity index (χ4v) is 3.44. The lowest BCUT2D eigenvalue weighted by Crippen LogP contribution is -2.28. The van der Waals surface area contributed by atoms with E-state index in [-0.39, 0.29) is 17.2 Å². The van der Waals surface area contributed by atoms with E-state index in [2.05, 4.69) is 20.1 Å². The number of methoxy groups -OCH3 is 1. The van der Waals surface area contributed by atoms with Gasteiger partial charge in [-0.1, -0.05) is 12.1 Å². The molecule has 0 unspecified atom stereocenters. The summed E-state index contributed by atoms with van der Waals surface area (Å²) in [5.74, 6) is 0.885. The SMILES string of the molecule is COc1ccc(Cn2nnc(-c3ccc(S(=O)(=O)NCC(C)=O)cc3)n2)cc1. The van der Waals surface area contributed by atoms with Crippen molar-refractivity contribution in [3.05, 3.63) is 54.1 Å². The monoisotopic (exact) mass is 401 g/mol. The Bertz CT molecular complexity index is 1060. The zero-order valence-corrected chi connectivity index (χ0v) is 16.2. The lowest BCUT2D eigenvalue weighted by molar-refractivity contribution is -0.115. The van der Waals surface area contributed by atoms with Gasteiger partial charge in [-0.25, -0.2) is 13.1 Å². The van der Waals surface area contributed by atoms with Crippen molar-refractivity contribution < 1.29 is 17.9 Å². The minimum absolute atomic E-state index is 0.0584. The van der Waals surface area contributed by atoms with Crippen LogP contribution >= 0.6 is 0 Å². The van der Waals surface area contributed by atoms with Gasteiger partial charge in [0.25, 0.3) is 0 Å². The molecule has 0 spiro atoms. The number of hydrogen-bond donors (Lipinski definition) is 1. The maximum atomic E-state index is 12.1. The number of carbonyl (C=O) groups excluding carboxylic acids is 1. The lowest BCUT2D eigenvalue weighted by Gasteiger charge is -2.05. The maximum Gasteiger partial charge on any atom is 0.240 e. The Balaban J connectivity index is 1.71. The molecular formula is C18H19N5O4S. The van der Waals surface area contributed by atoms with Gasteiger partial charge in [0.2, 0.25) is 15.8 Å². The summed E-state index contributed by atoms with van der Waals surface area (Å²) in [6.07, 6.45) is 0. The molecule has 0 saturated heterocycles. The van der Waals surface area contributed by atoms with Crippen LogP contribution < -0.4 is 9.46 Å². The summed E-state index contributed by atoms with van der Waals surface area (Å²) >= 11 is 0. The second-order valence-corrected chi connectivity index (χ2v) is 7.81. The Kier molecular flexibility index (Phi) is 5.81. The van der Waals surface area contributed by atoms with Crippen molar-refractivity contribution in [3.63, 3.8) is 0 Å². The first kappa shape index (κ1) is 19.6. The third-order valence-electron chi connectivity index (χ3n) is 3.87. The van der Waals surface area contributed by atoms with Gasteiger partial charge in [-0.2, -0.15) is 4.80 Å². The summed E-state index contributed by atoms with van der Waals surface area (Å²) in [5, 5.41) is 12.4. The molecule has 2 aromatic carbocycles. The van der Waals surface area contributed by atoms with Gasteiger partial charge < -0.3 is 4.74 Å². The van der Waals surface area contributed by atoms with Crippen LogP contribution in [0.2, 0.25) is 0 Å². The predicted octanol–water partition coefficient (Wildman–Crippen LogP) is 1.26. The van der Waals surface area contributed by atoms with Crippen LogP contribution in [0, 0.1) is 0 Å². The molecule has 28 heavy (non-hydrogen) atoms. The van der Waals surface area contributed by atoms with Crippen LogP contribution in [0.3, 0.4) is 0 Å². The average Bonchev–Trinajstić information content (AvgIpc) is 3.16. The zero-order chi connectivity index (χ0) is 20.1. The van der Waals surface area contributed by atoms with Crippen molar-refractivity contribution in [1.82, 2.24) is 24.9 Å². The molecule has 0 saturated carbocycles. The van der Waals surface area contributed by atoms with Crippen LogP contribution in [0.5, 0.6) is 5.75 Å². The number of nitrogens with zero attached hydrogens (tertiary/aromatic N) is 4. The van der Waals surface area contributed by atoms with E-state index in [1.807, 2.05) is 24.3 Å². The predicted molar refractivity (Wildman–Crippen MR) is 101 cm³/mol. The normalized spacial score (nSPS) is 11.4. The molecule has 0 radical (unpaired) electrons. The van der Waals surface area contributed by atoms with Crippen LogP contribution in [0.4, 0.5) is 0 Å². The third-order valence-corrected chi connectivity index (χ3v) is 5.29.